The predicted molar refractivity (Wildman–Crippen MR) is 118 cm³/mol. The average molecular weight is 434 g/mol. The lowest BCUT2D eigenvalue weighted by atomic mass is 10.1. The van der Waals surface area contributed by atoms with Crippen LogP contribution in [0.2, 0.25) is 0 Å². The highest BCUT2D eigenvalue weighted by molar-refractivity contribution is 7.98. The largest absolute Gasteiger partial charge is 0.454 e. The minimum atomic E-state index is -0.296. The van der Waals surface area contributed by atoms with E-state index in [1.54, 1.807) is 30.2 Å². The van der Waals surface area contributed by atoms with Gasteiger partial charge in [-0.05, 0) is 48.7 Å². The number of nitrogens with zero attached hydrogens (tertiary/aromatic N) is 3. The smallest absolute Gasteiger partial charge is 0.277 e. The van der Waals surface area contributed by atoms with Gasteiger partial charge in [0.15, 0.2) is 11.5 Å². The fourth-order valence-corrected chi connectivity index (χ4v) is 3.86. The first kappa shape index (κ1) is 19.3. The van der Waals surface area contributed by atoms with Crippen molar-refractivity contribution in [2.45, 2.75) is 11.4 Å². The second-order valence-corrected chi connectivity index (χ2v) is 7.82. The molecule has 0 unspecified atom stereocenters. The van der Waals surface area contributed by atoms with E-state index in [-0.39, 0.29) is 24.8 Å². The summed E-state index contributed by atoms with van der Waals surface area (Å²) >= 11 is 1.59. The third-order valence-electron chi connectivity index (χ3n) is 4.94. The van der Waals surface area contributed by atoms with Crippen molar-refractivity contribution in [2.75, 3.05) is 18.4 Å². The van der Waals surface area contributed by atoms with Crippen LogP contribution >= 0.6 is 11.8 Å². The summed E-state index contributed by atoms with van der Waals surface area (Å²) in [4.78, 5) is 26.4. The molecule has 3 heterocycles. The Balaban J connectivity index is 1.39. The molecule has 5 rings (SSSR count). The molecule has 1 aliphatic heterocycles. The summed E-state index contributed by atoms with van der Waals surface area (Å²) in [5.41, 5.74) is 2.22. The van der Waals surface area contributed by atoms with Gasteiger partial charge in [0.25, 0.3) is 5.56 Å². The molecule has 0 spiro atoms. The molecule has 0 fully saturated rings. The Kier molecular flexibility index (Phi) is 4.87. The van der Waals surface area contributed by atoms with Crippen molar-refractivity contribution >= 4 is 28.9 Å². The first-order valence-corrected chi connectivity index (χ1v) is 10.8. The van der Waals surface area contributed by atoms with Crippen LogP contribution in [0.3, 0.4) is 0 Å². The van der Waals surface area contributed by atoms with Gasteiger partial charge >= 0.3 is 0 Å². The molecule has 2 aromatic heterocycles. The fourth-order valence-electron chi connectivity index (χ4n) is 3.40. The Morgan fingerprint density at radius 3 is 2.87 bits per heavy atom. The van der Waals surface area contributed by atoms with Crippen LogP contribution in [-0.2, 0) is 11.3 Å². The van der Waals surface area contributed by atoms with Crippen molar-refractivity contribution in [1.82, 2.24) is 14.2 Å². The van der Waals surface area contributed by atoms with Crippen molar-refractivity contribution in [3.8, 4) is 22.8 Å². The van der Waals surface area contributed by atoms with Gasteiger partial charge in [-0.15, -0.1) is 11.8 Å². The van der Waals surface area contributed by atoms with E-state index in [2.05, 4.69) is 10.4 Å². The number of thioether (sulfide) groups is 1. The quantitative estimate of drug-likeness (QED) is 0.485. The van der Waals surface area contributed by atoms with Crippen LogP contribution < -0.4 is 20.3 Å². The molecule has 2 aromatic carbocycles. The molecule has 8 nitrogen and oxygen atoms in total. The molecule has 1 aliphatic rings. The zero-order chi connectivity index (χ0) is 21.4. The fraction of sp³-hybridized carbons (Fsp3) is 0.136. The summed E-state index contributed by atoms with van der Waals surface area (Å²) in [6.07, 6.45) is 5.19. The molecule has 0 saturated heterocycles. The van der Waals surface area contributed by atoms with Crippen LogP contribution in [0.15, 0.2) is 70.6 Å². The number of hydrogen-bond acceptors (Lipinski definition) is 6. The van der Waals surface area contributed by atoms with E-state index in [0.29, 0.717) is 28.4 Å². The lowest BCUT2D eigenvalue weighted by molar-refractivity contribution is -0.116. The van der Waals surface area contributed by atoms with Crippen molar-refractivity contribution in [2.24, 2.45) is 0 Å². The molecule has 31 heavy (non-hydrogen) atoms. The van der Waals surface area contributed by atoms with Crippen LogP contribution in [-0.4, -0.2) is 33.1 Å². The molecule has 0 aliphatic carbocycles. The van der Waals surface area contributed by atoms with Crippen LogP contribution in [0.25, 0.3) is 16.8 Å². The third kappa shape index (κ3) is 3.75. The molecule has 4 aromatic rings. The predicted octanol–water partition coefficient (Wildman–Crippen LogP) is 3.25. The summed E-state index contributed by atoms with van der Waals surface area (Å²) in [6.45, 7) is 0.0989. The van der Waals surface area contributed by atoms with Crippen molar-refractivity contribution in [1.29, 1.82) is 0 Å². The summed E-state index contributed by atoms with van der Waals surface area (Å²) in [5, 5.41) is 7.32. The maximum atomic E-state index is 12.9. The average Bonchev–Trinajstić information content (AvgIpc) is 3.42. The molecule has 0 bridgehead atoms. The first-order valence-electron chi connectivity index (χ1n) is 9.53. The lowest BCUT2D eigenvalue weighted by Crippen LogP contribution is -2.28. The van der Waals surface area contributed by atoms with Crippen LogP contribution in [0.1, 0.15) is 0 Å². The molecule has 0 saturated carbocycles. The number of amides is 1. The Morgan fingerprint density at radius 1 is 1.13 bits per heavy atom. The zero-order valence-electron chi connectivity index (χ0n) is 16.6. The number of ether oxygens (including phenoxy) is 2. The topological polar surface area (TPSA) is 86.9 Å². The molecule has 0 atom stereocenters. The monoisotopic (exact) mass is 434 g/mol. The van der Waals surface area contributed by atoms with Gasteiger partial charge in [0.2, 0.25) is 12.7 Å². The van der Waals surface area contributed by atoms with E-state index in [0.717, 1.165) is 10.5 Å². The van der Waals surface area contributed by atoms with Gasteiger partial charge in [0.1, 0.15) is 12.1 Å². The van der Waals surface area contributed by atoms with Gasteiger partial charge in [-0.25, -0.2) is 4.52 Å². The molecule has 0 radical (unpaired) electrons. The van der Waals surface area contributed by atoms with Gasteiger partial charge in [-0.2, -0.15) is 5.10 Å². The number of fused-ring (bicyclic) bond motifs is 2. The van der Waals surface area contributed by atoms with E-state index >= 15 is 0 Å². The standard InChI is InChI=1S/C22H18N4O4S/c1-31-16-4-2-3-15(10-16)23-21(27)12-25-7-8-26-18(22(25)28)11-17(24-26)14-5-6-19-20(9-14)30-13-29-19/h2-11H,12-13H2,1H3,(H,23,27). The number of anilines is 1. The van der Waals surface area contributed by atoms with Gasteiger partial charge in [-0.3, -0.25) is 9.59 Å². The van der Waals surface area contributed by atoms with E-state index in [9.17, 15) is 9.59 Å². The number of benzene rings is 2. The highest BCUT2D eigenvalue weighted by atomic mass is 32.2. The Morgan fingerprint density at radius 2 is 2.00 bits per heavy atom. The Bertz CT molecular complexity index is 1360. The van der Waals surface area contributed by atoms with Crippen molar-refractivity contribution < 1.29 is 14.3 Å². The van der Waals surface area contributed by atoms with Gasteiger partial charge in [0, 0.05) is 28.5 Å². The Hall–Kier alpha value is -3.72. The highest BCUT2D eigenvalue weighted by Crippen LogP contribution is 2.35. The summed E-state index contributed by atoms with van der Waals surface area (Å²) in [7, 11) is 0. The number of aromatic nitrogens is 3. The number of hydrogen-bond donors (Lipinski definition) is 1. The molecule has 1 N–H and O–H groups in total. The SMILES string of the molecule is CSc1cccc(NC(=O)Cn2ccn3nc(-c4ccc5c(c4)OCO5)cc3c2=O)c1. The van der Waals surface area contributed by atoms with Crippen LogP contribution in [0.5, 0.6) is 11.5 Å². The second kappa shape index (κ2) is 7.84. The highest BCUT2D eigenvalue weighted by Gasteiger charge is 2.16. The molecular formula is C22H18N4O4S. The number of rotatable bonds is 5. The maximum absolute atomic E-state index is 12.9. The van der Waals surface area contributed by atoms with Crippen LogP contribution in [0, 0.1) is 0 Å². The van der Waals surface area contributed by atoms with E-state index in [4.69, 9.17) is 9.47 Å². The van der Waals surface area contributed by atoms with E-state index in [1.165, 1.54) is 9.08 Å². The number of carbonyl (C=O) groups is 1. The molecule has 9 heteroatoms. The number of nitrogens with one attached hydrogen (secondary N) is 1. The summed E-state index contributed by atoms with van der Waals surface area (Å²) in [6, 6.07) is 14.8. The number of carbonyl (C=O) groups excluding carboxylic acids is 1. The van der Waals surface area contributed by atoms with Crippen LogP contribution in [0.4, 0.5) is 5.69 Å². The molecule has 156 valence electrons. The van der Waals surface area contributed by atoms with E-state index in [1.807, 2.05) is 48.7 Å². The summed E-state index contributed by atoms with van der Waals surface area (Å²) < 4.78 is 13.6. The van der Waals surface area contributed by atoms with Gasteiger partial charge < -0.3 is 19.4 Å². The molecular weight excluding hydrogens is 416 g/mol. The Labute approximate surface area is 181 Å². The molecule has 1 amide bonds. The minimum Gasteiger partial charge on any atom is -0.454 e. The van der Waals surface area contributed by atoms with Gasteiger partial charge in [-0.1, -0.05) is 6.07 Å². The van der Waals surface area contributed by atoms with Crippen molar-refractivity contribution in [3.05, 3.63) is 71.3 Å². The lowest BCUT2D eigenvalue weighted by Gasteiger charge is -2.08. The zero-order valence-corrected chi connectivity index (χ0v) is 17.4. The normalized spacial score (nSPS) is 12.3. The first-order chi connectivity index (χ1) is 15.1. The van der Waals surface area contributed by atoms with Gasteiger partial charge in [0.05, 0.1) is 5.69 Å². The second-order valence-electron chi connectivity index (χ2n) is 6.94. The maximum Gasteiger partial charge on any atom is 0.277 e. The van der Waals surface area contributed by atoms with E-state index < -0.39 is 0 Å². The van der Waals surface area contributed by atoms with Crippen molar-refractivity contribution in [3.63, 3.8) is 0 Å². The minimum absolute atomic E-state index is 0.0939. The third-order valence-corrected chi connectivity index (χ3v) is 5.66. The summed E-state index contributed by atoms with van der Waals surface area (Å²) in [5.74, 6) is 1.05.